The molecule has 33 heavy (non-hydrogen) atoms. The van der Waals surface area contributed by atoms with Crippen molar-refractivity contribution in [2.24, 2.45) is 7.05 Å². The predicted octanol–water partition coefficient (Wildman–Crippen LogP) is 5.27. The molecule has 0 unspecified atom stereocenters. The van der Waals surface area contributed by atoms with Crippen LogP contribution in [0.15, 0.2) is 60.7 Å². The molecule has 0 bridgehead atoms. The van der Waals surface area contributed by atoms with Crippen LogP contribution in [-0.4, -0.2) is 51.2 Å². The summed E-state index contributed by atoms with van der Waals surface area (Å²) in [5.41, 5.74) is 2.94. The topological polar surface area (TPSA) is 59.8 Å². The number of hydrogen-bond acceptors (Lipinski definition) is 5. The van der Waals surface area contributed by atoms with Crippen molar-refractivity contribution in [3.63, 3.8) is 0 Å². The molecule has 0 saturated heterocycles. The maximum Gasteiger partial charge on any atom is 0.222 e. The van der Waals surface area contributed by atoms with E-state index in [9.17, 15) is 5.11 Å². The van der Waals surface area contributed by atoms with Gasteiger partial charge in [0.2, 0.25) is 5.88 Å². The number of aliphatic hydroxyl groups excluding tert-OH is 1. The van der Waals surface area contributed by atoms with Crippen LogP contribution < -0.4 is 4.74 Å². The molecule has 0 aliphatic heterocycles. The first-order chi connectivity index (χ1) is 15.9. The minimum absolute atomic E-state index is 0.0885. The van der Waals surface area contributed by atoms with Crippen LogP contribution in [0.5, 0.6) is 11.6 Å². The number of nitrogens with zero attached hydrogens (tertiary/aromatic N) is 3. The minimum Gasteiger partial charge on any atom is -0.439 e. The van der Waals surface area contributed by atoms with E-state index >= 15 is 0 Å². The summed E-state index contributed by atoms with van der Waals surface area (Å²) in [6, 6.07) is 20.2. The fourth-order valence-electron chi connectivity index (χ4n) is 3.74. The van der Waals surface area contributed by atoms with Crippen LogP contribution in [0.1, 0.15) is 39.7 Å². The van der Waals surface area contributed by atoms with E-state index < -0.39 is 6.10 Å². The van der Waals surface area contributed by atoms with Gasteiger partial charge in [-0.25, -0.2) is 4.68 Å². The monoisotopic (exact) mass is 451 g/mol. The second-order valence-electron chi connectivity index (χ2n) is 8.76. The molecule has 178 valence electrons. The van der Waals surface area contributed by atoms with Gasteiger partial charge in [-0.05, 0) is 39.3 Å². The molecule has 0 spiro atoms. The van der Waals surface area contributed by atoms with Crippen molar-refractivity contribution < 1.29 is 14.6 Å². The largest absolute Gasteiger partial charge is 0.439 e. The van der Waals surface area contributed by atoms with Crippen LogP contribution in [0.3, 0.4) is 0 Å². The van der Waals surface area contributed by atoms with Gasteiger partial charge in [-0.3, -0.25) is 4.90 Å². The Labute approximate surface area is 197 Å². The lowest BCUT2D eigenvalue weighted by Crippen LogP contribution is -2.40. The van der Waals surface area contributed by atoms with Gasteiger partial charge in [0.05, 0.1) is 24.4 Å². The summed E-state index contributed by atoms with van der Waals surface area (Å²) in [4.78, 5) is 2.29. The van der Waals surface area contributed by atoms with Crippen molar-refractivity contribution in [1.82, 2.24) is 14.7 Å². The molecule has 0 aliphatic carbocycles. The molecule has 3 rings (SSSR count). The fourth-order valence-corrected chi connectivity index (χ4v) is 3.74. The van der Waals surface area contributed by atoms with Gasteiger partial charge in [-0.2, -0.15) is 5.10 Å². The highest BCUT2D eigenvalue weighted by molar-refractivity contribution is 5.65. The molecule has 1 N–H and O–H groups in total. The molecule has 0 radical (unpaired) electrons. The molecular formula is C27H37N3O3. The maximum atomic E-state index is 10.7. The Morgan fingerprint density at radius 1 is 1.00 bits per heavy atom. The molecule has 6 nitrogen and oxygen atoms in total. The Morgan fingerprint density at radius 2 is 1.64 bits per heavy atom. The van der Waals surface area contributed by atoms with Crippen LogP contribution in [0, 0.1) is 0 Å². The Hall–Kier alpha value is -2.67. The summed E-state index contributed by atoms with van der Waals surface area (Å²) in [7, 11) is 1.91. The lowest BCUT2D eigenvalue weighted by Gasteiger charge is -2.31. The number of hydrogen-bond donors (Lipinski definition) is 1. The zero-order chi connectivity index (χ0) is 23.8. The predicted molar refractivity (Wildman–Crippen MR) is 132 cm³/mol. The standard InChI is InChI=1S/C27H37N3O3/c1-6-21(4)30(17-23(31)19-32-20(2)3)18-25-26(22-13-9-7-10-14-22)28-29(5)27(25)33-24-15-11-8-12-16-24/h7-16,20-21,23,31H,6,17-19H2,1-5H3/t21-,23+/m1/s1. The van der Waals surface area contributed by atoms with Gasteiger partial charge >= 0.3 is 0 Å². The van der Waals surface area contributed by atoms with E-state index in [1.54, 1.807) is 4.68 Å². The first-order valence-electron chi connectivity index (χ1n) is 11.8. The van der Waals surface area contributed by atoms with E-state index in [1.807, 2.05) is 69.4 Å². The number of para-hydroxylation sites is 1. The van der Waals surface area contributed by atoms with E-state index in [1.165, 1.54) is 0 Å². The van der Waals surface area contributed by atoms with Gasteiger partial charge in [0.25, 0.3) is 0 Å². The van der Waals surface area contributed by atoms with Gasteiger partial charge in [0.15, 0.2) is 0 Å². The van der Waals surface area contributed by atoms with Crippen molar-refractivity contribution >= 4 is 0 Å². The lowest BCUT2D eigenvalue weighted by atomic mass is 10.1. The second-order valence-corrected chi connectivity index (χ2v) is 8.76. The van der Waals surface area contributed by atoms with Crippen LogP contribution in [-0.2, 0) is 18.3 Å². The Balaban J connectivity index is 1.96. The number of rotatable bonds is 12. The van der Waals surface area contributed by atoms with Crippen molar-refractivity contribution in [3.8, 4) is 22.9 Å². The molecule has 0 aliphatic rings. The van der Waals surface area contributed by atoms with E-state index in [4.69, 9.17) is 14.6 Å². The average Bonchev–Trinajstić information content (AvgIpc) is 3.13. The molecule has 3 aromatic rings. The highest BCUT2D eigenvalue weighted by Gasteiger charge is 2.25. The number of benzene rings is 2. The van der Waals surface area contributed by atoms with Gasteiger partial charge < -0.3 is 14.6 Å². The van der Waals surface area contributed by atoms with Crippen molar-refractivity contribution in [2.45, 2.75) is 58.9 Å². The summed E-state index contributed by atoms with van der Waals surface area (Å²) in [6.45, 7) is 9.74. The Bertz CT molecular complexity index is 973. The lowest BCUT2D eigenvalue weighted by molar-refractivity contribution is -0.0149. The summed E-state index contributed by atoms with van der Waals surface area (Å²) in [6.07, 6.45) is 0.482. The van der Waals surface area contributed by atoms with Gasteiger partial charge in [0, 0.05) is 31.7 Å². The zero-order valence-corrected chi connectivity index (χ0v) is 20.4. The Kier molecular flexibility index (Phi) is 9.06. The second kappa shape index (κ2) is 12.0. The zero-order valence-electron chi connectivity index (χ0n) is 20.4. The highest BCUT2D eigenvalue weighted by Crippen LogP contribution is 2.34. The molecule has 2 aromatic carbocycles. The maximum absolute atomic E-state index is 10.7. The van der Waals surface area contributed by atoms with E-state index in [-0.39, 0.29) is 12.1 Å². The van der Waals surface area contributed by atoms with Gasteiger partial charge in [-0.1, -0.05) is 55.5 Å². The molecule has 6 heteroatoms. The molecule has 0 fully saturated rings. The number of aromatic nitrogens is 2. The summed E-state index contributed by atoms with van der Waals surface area (Å²) in [5, 5.41) is 15.5. The third-order valence-electron chi connectivity index (χ3n) is 5.74. The van der Waals surface area contributed by atoms with Crippen LogP contribution >= 0.6 is 0 Å². The van der Waals surface area contributed by atoms with Crippen molar-refractivity contribution in [1.29, 1.82) is 0 Å². The van der Waals surface area contributed by atoms with Crippen LogP contribution in [0.25, 0.3) is 11.3 Å². The summed E-state index contributed by atoms with van der Waals surface area (Å²) < 4.78 is 13.8. The third-order valence-corrected chi connectivity index (χ3v) is 5.74. The number of aliphatic hydroxyl groups is 1. The average molecular weight is 452 g/mol. The molecule has 1 heterocycles. The summed E-state index contributed by atoms with van der Waals surface area (Å²) in [5.74, 6) is 1.48. The van der Waals surface area contributed by atoms with E-state index in [0.29, 0.717) is 25.6 Å². The SMILES string of the molecule is CC[C@@H](C)N(Cc1c(-c2ccccc2)nn(C)c1Oc1ccccc1)C[C@H](O)COC(C)C. The van der Waals surface area contributed by atoms with Crippen molar-refractivity contribution in [3.05, 3.63) is 66.2 Å². The first kappa shape index (κ1) is 25.0. The highest BCUT2D eigenvalue weighted by atomic mass is 16.5. The smallest absolute Gasteiger partial charge is 0.222 e. The number of ether oxygens (including phenoxy) is 2. The summed E-state index contributed by atoms with van der Waals surface area (Å²) >= 11 is 0. The first-order valence-corrected chi connectivity index (χ1v) is 11.8. The molecular weight excluding hydrogens is 414 g/mol. The third kappa shape index (κ3) is 6.90. The van der Waals surface area contributed by atoms with E-state index in [0.717, 1.165) is 29.0 Å². The van der Waals surface area contributed by atoms with E-state index in [2.05, 4.69) is 30.9 Å². The fraction of sp³-hybridized carbons (Fsp3) is 0.444. The van der Waals surface area contributed by atoms with Crippen molar-refractivity contribution in [2.75, 3.05) is 13.2 Å². The van der Waals surface area contributed by atoms with Crippen LogP contribution in [0.2, 0.25) is 0 Å². The minimum atomic E-state index is -0.572. The van der Waals surface area contributed by atoms with Crippen LogP contribution in [0.4, 0.5) is 0 Å². The molecule has 0 amide bonds. The van der Waals surface area contributed by atoms with Gasteiger partial charge in [-0.15, -0.1) is 0 Å². The Morgan fingerprint density at radius 3 is 2.24 bits per heavy atom. The normalized spacial score (nSPS) is 13.5. The molecule has 1 aromatic heterocycles. The molecule has 2 atom stereocenters. The molecule has 0 saturated carbocycles. The number of aryl methyl sites for hydroxylation is 1. The quantitative estimate of drug-likeness (QED) is 0.407. The van der Waals surface area contributed by atoms with Gasteiger partial charge in [0.1, 0.15) is 11.4 Å².